The van der Waals surface area contributed by atoms with Crippen LogP contribution in [0.25, 0.3) is 10.9 Å². The first kappa shape index (κ1) is 15.5. The highest BCUT2D eigenvalue weighted by Crippen LogP contribution is 2.24. The van der Waals surface area contributed by atoms with Gasteiger partial charge in [-0.3, -0.25) is 4.79 Å². The van der Waals surface area contributed by atoms with Crippen LogP contribution in [0.4, 0.5) is 15.9 Å². The summed E-state index contributed by atoms with van der Waals surface area (Å²) in [5, 5.41) is 3.56. The standard InChI is InChI=1S/C19H17FN4O/c20-15-3-1-4-16-18(15)19(23-12-22-16)21-11-13-6-8-14(9-7-13)24-10-2-5-17(24)25/h1,3-4,6-9,12H,2,5,10-11H2,(H,21,22,23). The molecule has 1 aromatic heterocycles. The van der Waals surface area contributed by atoms with Crippen LogP contribution in [0.3, 0.4) is 0 Å². The lowest BCUT2D eigenvalue weighted by molar-refractivity contribution is -0.117. The van der Waals surface area contributed by atoms with E-state index in [1.807, 2.05) is 29.2 Å². The number of aromatic nitrogens is 2. The van der Waals surface area contributed by atoms with Crippen molar-refractivity contribution in [2.75, 3.05) is 16.8 Å². The highest BCUT2D eigenvalue weighted by atomic mass is 19.1. The summed E-state index contributed by atoms with van der Waals surface area (Å²) in [6.07, 6.45) is 2.95. The number of rotatable bonds is 4. The minimum absolute atomic E-state index is 0.175. The molecule has 25 heavy (non-hydrogen) atoms. The van der Waals surface area contributed by atoms with Gasteiger partial charge in [0.2, 0.25) is 5.91 Å². The van der Waals surface area contributed by atoms with Gasteiger partial charge in [-0.2, -0.15) is 0 Å². The molecule has 2 aromatic carbocycles. The maximum Gasteiger partial charge on any atom is 0.227 e. The minimum Gasteiger partial charge on any atom is -0.365 e. The van der Waals surface area contributed by atoms with Gasteiger partial charge in [-0.15, -0.1) is 0 Å². The Kier molecular flexibility index (Phi) is 4.01. The third-order valence-electron chi connectivity index (χ3n) is 4.39. The van der Waals surface area contributed by atoms with E-state index in [-0.39, 0.29) is 11.7 Å². The molecule has 5 nitrogen and oxygen atoms in total. The molecule has 0 spiro atoms. The number of nitrogens with zero attached hydrogens (tertiary/aromatic N) is 3. The fourth-order valence-corrected chi connectivity index (χ4v) is 3.10. The van der Waals surface area contributed by atoms with Crippen molar-refractivity contribution in [1.29, 1.82) is 0 Å². The number of fused-ring (bicyclic) bond motifs is 1. The number of carbonyl (C=O) groups excluding carboxylic acids is 1. The first-order valence-electron chi connectivity index (χ1n) is 8.25. The van der Waals surface area contributed by atoms with Gasteiger partial charge in [-0.1, -0.05) is 18.2 Å². The van der Waals surface area contributed by atoms with E-state index in [9.17, 15) is 9.18 Å². The van der Waals surface area contributed by atoms with Crippen LogP contribution < -0.4 is 10.2 Å². The van der Waals surface area contributed by atoms with Gasteiger partial charge in [0.15, 0.2) is 0 Å². The molecule has 4 rings (SSSR count). The summed E-state index contributed by atoms with van der Waals surface area (Å²) >= 11 is 0. The summed E-state index contributed by atoms with van der Waals surface area (Å²) in [6.45, 7) is 1.29. The highest BCUT2D eigenvalue weighted by Gasteiger charge is 2.21. The Morgan fingerprint density at radius 3 is 2.72 bits per heavy atom. The maximum atomic E-state index is 14.1. The van der Waals surface area contributed by atoms with Crippen LogP contribution in [0.1, 0.15) is 18.4 Å². The molecule has 2 heterocycles. The monoisotopic (exact) mass is 336 g/mol. The van der Waals surface area contributed by atoms with Gasteiger partial charge in [0.25, 0.3) is 0 Å². The van der Waals surface area contributed by atoms with Gasteiger partial charge in [-0.25, -0.2) is 14.4 Å². The molecule has 1 aliphatic heterocycles. The van der Waals surface area contributed by atoms with Crippen molar-refractivity contribution in [2.24, 2.45) is 0 Å². The molecule has 1 aliphatic rings. The van der Waals surface area contributed by atoms with E-state index in [1.54, 1.807) is 12.1 Å². The molecule has 0 unspecified atom stereocenters. The van der Waals surface area contributed by atoms with Crippen LogP contribution in [0, 0.1) is 5.82 Å². The zero-order valence-electron chi connectivity index (χ0n) is 13.6. The Morgan fingerprint density at radius 1 is 1.12 bits per heavy atom. The molecule has 1 fully saturated rings. The highest BCUT2D eigenvalue weighted by molar-refractivity contribution is 5.95. The van der Waals surface area contributed by atoms with Crippen molar-refractivity contribution in [1.82, 2.24) is 9.97 Å². The van der Waals surface area contributed by atoms with E-state index in [2.05, 4.69) is 15.3 Å². The van der Waals surface area contributed by atoms with Crippen LogP contribution in [-0.4, -0.2) is 22.4 Å². The number of amides is 1. The third-order valence-corrected chi connectivity index (χ3v) is 4.39. The Labute approximate surface area is 144 Å². The van der Waals surface area contributed by atoms with Crippen molar-refractivity contribution in [3.8, 4) is 0 Å². The van der Waals surface area contributed by atoms with Gasteiger partial charge in [0, 0.05) is 25.2 Å². The quantitative estimate of drug-likeness (QED) is 0.792. The average molecular weight is 336 g/mol. The van der Waals surface area contributed by atoms with Crippen molar-refractivity contribution in [3.63, 3.8) is 0 Å². The Morgan fingerprint density at radius 2 is 1.96 bits per heavy atom. The minimum atomic E-state index is -0.344. The SMILES string of the molecule is O=C1CCCN1c1ccc(CNc2ncnc3cccc(F)c23)cc1. The molecule has 126 valence electrons. The van der Waals surface area contributed by atoms with E-state index in [0.29, 0.717) is 29.7 Å². The topological polar surface area (TPSA) is 58.1 Å². The average Bonchev–Trinajstić information content (AvgIpc) is 3.06. The zero-order chi connectivity index (χ0) is 17.2. The molecule has 0 atom stereocenters. The zero-order valence-corrected chi connectivity index (χ0v) is 13.6. The lowest BCUT2D eigenvalue weighted by atomic mass is 10.2. The third kappa shape index (κ3) is 3.03. The number of anilines is 2. The van der Waals surface area contributed by atoms with Gasteiger partial charge in [0.05, 0.1) is 10.9 Å². The van der Waals surface area contributed by atoms with Crippen molar-refractivity contribution >= 4 is 28.3 Å². The molecule has 1 saturated heterocycles. The first-order valence-corrected chi connectivity index (χ1v) is 8.25. The Bertz CT molecular complexity index is 921. The lowest BCUT2D eigenvalue weighted by Crippen LogP contribution is -2.23. The van der Waals surface area contributed by atoms with E-state index in [1.165, 1.54) is 12.4 Å². The summed E-state index contributed by atoms with van der Waals surface area (Å²) in [5.41, 5.74) is 2.52. The predicted octanol–water partition coefficient (Wildman–Crippen LogP) is 3.51. The fourth-order valence-electron chi connectivity index (χ4n) is 3.10. The van der Waals surface area contributed by atoms with Gasteiger partial charge in [0.1, 0.15) is 18.0 Å². The summed E-state index contributed by atoms with van der Waals surface area (Å²) in [7, 11) is 0. The number of carbonyl (C=O) groups is 1. The second-order valence-corrected chi connectivity index (χ2v) is 6.03. The van der Waals surface area contributed by atoms with Crippen LogP contribution in [0.15, 0.2) is 48.8 Å². The van der Waals surface area contributed by atoms with E-state index in [0.717, 1.165) is 24.2 Å². The molecule has 1 amide bonds. The van der Waals surface area contributed by atoms with E-state index in [4.69, 9.17) is 0 Å². The molecule has 1 N–H and O–H groups in total. The van der Waals surface area contributed by atoms with Crippen LogP contribution in [0.5, 0.6) is 0 Å². The summed E-state index contributed by atoms with van der Waals surface area (Å²) in [4.78, 5) is 21.9. The van der Waals surface area contributed by atoms with Crippen molar-refractivity contribution in [2.45, 2.75) is 19.4 Å². The molecule has 3 aromatic rings. The maximum absolute atomic E-state index is 14.1. The van der Waals surface area contributed by atoms with Gasteiger partial charge in [-0.05, 0) is 36.2 Å². The number of hydrogen-bond donors (Lipinski definition) is 1. The second kappa shape index (κ2) is 6.47. The largest absolute Gasteiger partial charge is 0.365 e. The molecule has 6 heteroatoms. The summed E-state index contributed by atoms with van der Waals surface area (Å²) in [6, 6.07) is 12.6. The van der Waals surface area contributed by atoms with Gasteiger partial charge >= 0.3 is 0 Å². The number of nitrogens with one attached hydrogen (secondary N) is 1. The molecule has 0 radical (unpaired) electrons. The lowest BCUT2D eigenvalue weighted by Gasteiger charge is -2.16. The smallest absolute Gasteiger partial charge is 0.227 e. The number of benzene rings is 2. The van der Waals surface area contributed by atoms with E-state index < -0.39 is 0 Å². The van der Waals surface area contributed by atoms with Crippen LogP contribution in [0.2, 0.25) is 0 Å². The first-order chi connectivity index (χ1) is 12.2. The van der Waals surface area contributed by atoms with E-state index >= 15 is 0 Å². The normalized spacial score (nSPS) is 14.3. The summed E-state index contributed by atoms with van der Waals surface area (Å²) < 4.78 is 14.1. The fraction of sp³-hybridized carbons (Fsp3) is 0.211. The molecule has 0 aliphatic carbocycles. The van der Waals surface area contributed by atoms with Crippen LogP contribution in [-0.2, 0) is 11.3 Å². The predicted molar refractivity (Wildman–Crippen MR) is 94.9 cm³/mol. The van der Waals surface area contributed by atoms with Crippen molar-refractivity contribution < 1.29 is 9.18 Å². The van der Waals surface area contributed by atoms with Crippen LogP contribution >= 0.6 is 0 Å². The summed E-state index contributed by atoms with van der Waals surface area (Å²) in [5.74, 6) is 0.305. The molecular weight excluding hydrogens is 319 g/mol. The Balaban J connectivity index is 1.51. The number of hydrogen-bond acceptors (Lipinski definition) is 4. The second-order valence-electron chi connectivity index (χ2n) is 6.03. The van der Waals surface area contributed by atoms with Gasteiger partial charge < -0.3 is 10.2 Å². The Hall–Kier alpha value is -3.02. The number of halogens is 1. The molecule has 0 saturated carbocycles. The molecular formula is C19H17FN4O. The van der Waals surface area contributed by atoms with Crippen molar-refractivity contribution in [3.05, 3.63) is 60.2 Å². The molecule has 0 bridgehead atoms.